The molecule has 0 radical (unpaired) electrons. The molecule has 0 spiro atoms. The Labute approximate surface area is 171 Å². The van der Waals surface area contributed by atoms with E-state index in [9.17, 15) is 10.4 Å². The lowest BCUT2D eigenvalue weighted by atomic mass is 9.89. The van der Waals surface area contributed by atoms with Crippen LogP contribution in [-0.4, -0.2) is 69.0 Å². The number of β-amino-alcohol motifs (C(OH)–C–C–N with tert-alkyl or cyclic N) is 1. The molecule has 0 aromatic carbocycles. The molecule has 4 rings (SSSR count). The maximum atomic E-state index is 10.8. The maximum absolute atomic E-state index is 10.8. The number of hydrogen-bond acceptors (Lipinski definition) is 7. The fourth-order valence-corrected chi connectivity index (χ4v) is 4.56. The fourth-order valence-electron chi connectivity index (χ4n) is 4.56. The first kappa shape index (κ1) is 19.8. The third-order valence-electron chi connectivity index (χ3n) is 6.30. The molecule has 0 amide bonds. The predicted octanol–water partition coefficient (Wildman–Crippen LogP) is 1.84. The summed E-state index contributed by atoms with van der Waals surface area (Å²) in [7, 11) is 0. The highest BCUT2D eigenvalue weighted by Crippen LogP contribution is 2.29. The molecule has 2 saturated heterocycles. The summed E-state index contributed by atoms with van der Waals surface area (Å²) in [6.07, 6.45) is 5.36. The average molecular weight is 396 g/mol. The Balaban J connectivity index is 1.24. The number of piperidine rings is 2. The first-order chi connectivity index (χ1) is 14.1. The van der Waals surface area contributed by atoms with Gasteiger partial charge in [0.25, 0.3) is 0 Å². The van der Waals surface area contributed by atoms with Crippen molar-refractivity contribution in [1.29, 1.82) is 5.26 Å². The van der Waals surface area contributed by atoms with E-state index < -0.39 is 0 Å². The van der Waals surface area contributed by atoms with Gasteiger partial charge in [-0.3, -0.25) is 5.10 Å². The van der Waals surface area contributed by atoms with Gasteiger partial charge in [-0.25, -0.2) is 9.97 Å². The Kier molecular flexibility index (Phi) is 6.07. The van der Waals surface area contributed by atoms with Gasteiger partial charge >= 0.3 is 0 Å². The molecule has 2 aliphatic heterocycles. The molecular weight excluding hydrogens is 366 g/mol. The number of aromatic amines is 1. The molecular formula is C21H29N7O. The van der Waals surface area contributed by atoms with Crippen LogP contribution in [0.3, 0.4) is 0 Å². The number of aryl methyl sites for hydroxylation is 1. The standard InChI is InChI=1S/C21H29N7O/c1-15-24-20(26-25-15)17-4-9-27(10-5-17)14-19(29)16-6-11-28(12-7-16)21-18(13-22)3-2-8-23-21/h2-3,8,16-17,19,29H,4-7,9-12,14H2,1H3,(H,24,25,26). The number of aliphatic hydroxyl groups excluding tert-OH is 1. The summed E-state index contributed by atoms with van der Waals surface area (Å²) in [6, 6.07) is 5.84. The molecule has 2 aromatic rings. The Bertz CT molecular complexity index is 845. The number of nitrogens with zero attached hydrogens (tertiary/aromatic N) is 6. The molecule has 1 atom stereocenters. The zero-order valence-corrected chi connectivity index (χ0v) is 17.0. The lowest BCUT2D eigenvalue weighted by Gasteiger charge is -2.38. The number of aromatic nitrogens is 4. The summed E-state index contributed by atoms with van der Waals surface area (Å²) in [4.78, 5) is 13.4. The first-order valence-corrected chi connectivity index (χ1v) is 10.5. The molecule has 2 aromatic heterocycles. The molecule has 8 heteroatoms. The van der Waals surface area contributed by atoms with Gasteiger partial charge in [0.05, 0.1) is 11.7 Å². The van der Waals surface area contributed by atoms with Crippen molar-refractivity contribution in [3.05, 3.63) is 35.5 Å². The quantitative estimate of drug-likeness (QED) is 0.796. The van der Waals surface area contributed by atoms with E-state index in [-0.39, 0.29) is 6.10 Å². The summed E-state index contributed by atoms with van der Waals surface area (Å²) >= 11 is 0. The van der Waals surface area contributed by atoms with Gasteiger partial charge in [0.1, 0.15) is 17.7 Å². The largest absolute Gasteiger partial charge is 0.392 e. The number of H-pyrrole nitrogens is 1. The Hall–Kier alpha value is -2.50. The van der Waals surface area contributed by atoms with Gasteiger partial charge in [-0.15, -0.1) is 0 Å². The number of likely N-dealkylation sites (tertiary alicyclic amines) is 1. The van der Waals surface area contributed by atoms with Crippen molar-refractivity contribution in [2.45, 2.75) is 44.6 Å². The first-order valence-electron chi connectivity index (χ1n) is 10.5. The number of nitrogens with one attached hydrogen (secondary N) is 1. The van der Waals surface area contributed by atoms with Crippen LogP contribution < -0.4 is 4.90 Å². The molecule has 0 aliphatic carbocycles. The van der Waals surface area contributed by atoms with Crippen molar-refractivity contribution in [3.8, 4) is 6.07 Å². The van der Waals surface area contributed by atoms with Crippen LogP contribution in [0.5, 0.6) is 0 Å². The highest BCUT2D eigenvalue weighted by Gasteiger charge is 2.30. The number of rotatable bonds is 5. The van der Waals surface area contributed by atoms with Crippen LogP contribution in [0.25, 0.3) is 0 Å². The Morgan fingerprint density at radius 3 is 2.66 bits per heavy atom. The van der Waals surface area contributed by atoms with Crippen LogP contribution in [0.15, 0.2) is 18.3 Å². The van der Waals surface area contributed by atoms with Crippen LogP contribution >= 0.6 is 0 Å². The minimum atomic E-state index is -0.307. The van der Waals surface area contributed by atoms with Crippen LogP contribution in [-0.2, 0) is 0 Å². The van der Waals surface area contributed by atoms with Crippen LogP contribution in [0, 0.1) is 24.2 Å². The molecule has 4 heterocycles. The highest BCUT2D eigenvalue weighted by atomic mass is 16.3. The minimum absolute atomic E-state index is 0.300. The number of aliphatic hydroxyl groups is 1. The molecule has 2 aliphatic rings. The van der Waals surface area contributed by atoms with Crippen LogP contribution in [0.4, 0.5) is 5.82 Å². The molecule has 29 heavy (non-hydrogen) atoms. The lowest BCUT2D eigenvalue weighted by molar-refractivity contribution is 0.0447. The summed E-state index contributed by atoms with van der Waals surface area (Å²) in [6.45, 7) is 6.29. The summed E-state index contributed by atoms with van der Waals surface area (Å²) in [5.74, 6) is 3.29. The number of nitriles is 1. The van der Waals surface area contributed by atoms with E-state index in [0.717, 1.165) is 75.9 Å². The fraction of sp³-hybridized carbons (Fsp3) is 0.619. The van der Waals surface area contributed by atoms with Gasteiger partial charge in [0.15, 0.2) is 5.82 Å². The van der Waals surface area contributed by atoms with Gasteiger partial charge in [-0.05, 0) is 63.7 Å². The number of anilines is 1. The monoisotopic (exact) mass is 395 g/mol. The van der Waals surface area contributed by atoms with E-state index >= 15 is 0 Å². The predicted molar refractivity (Wildman–Crippen MR) is 109 cm³/mol. The Morgan fingerprint density at radius 1 is 1.24 bits per heavy atom. The SMILES string of the molecule is Cc1nc(C2CCN(CC(O)C3CCN(c4ncccc4C#N)CC3)CC2)n[nH]1. The molecule has 2 N–H and O–H groups in total. The van der Waals surface area contributed by atoms with Crippen LogP contribution in [0.2, 0.25) is 0 Å². The van der Waals surface area contributed by atoms with Gasteiger partial charge in [-0.1, -0.05) is 0 Å². The second-order valence-electron chi connectivity index (χ2n) is 8.23. The second-order valence-corrected chi connectivity index (χ2v) is 8.23. The Morgan fingerprint density at radius 2 is 2.00 bits per heavy atom. The molecule has 1 unspecified atom stereocenters. The summed E-state index contributed by atoms with van der Waals surface area (Å²) < 4.78 is 0. The molecule has 0 saturated carbocycles. The van der Waals surface area contributed by atoms with Crippen molar-refractivity contribution < 1.29 is 5.11 Å². The smallest absolute Gasteiger partial charge is 0.153 e. The highest BCUT2D eigenvalue weighted by molar-refractivity contribution is 5.53. The van der Waals surface area contributed by atoms with Crippen molar-refractivity contribution in [2.75, 3.05) is 37.6 Å². The van der Waals surface area contributed by atoms with Gasteiger partial charge in [0.2, 0.25) is 0 Å². The number of pyridine rings is 1. The van der Waals surface area contributed by atoms with Crippen molar-refractivity contribution in [2.24, 2.45) is 5.92 Å². The summed E-state index contributed by atoms with van der Waals surface area (Å²) in [5.41, 5.74) is 0.621. The zero-order valence-electron chi connectivity index (χ0n) is 17.0. The third-order valence-corrected chi connectivity index (χ3v) is 6.30. The zero-order chi connectivity index (χ0) is 20.2. The average Bonchev–Trinajstić information content (AvgIpc) is 3.20. The van der Waals surface area contributed by atoms with E-state index in [1.807, 2.05) is 13.0 Å². The topological polar surface area (TPSA) is 105 Å². The minimum Gasteiger partial charge on any atom is -0.392 e. The lowest BCUT2D eigenvalue weighted by Crippen LogP contribution is -2.44. The molecule has 154 valence electrons. The van der Waals surface area contributed by atoms with Crippen molar-refractivity contribution in [1.82, 2.24) is 25.1 Å². The second kappa shape index (κ2) is 8.89. The molecule has 0 bridgehead atoms. The van der Waals surface area contributed by atoms with Gasteiger partial charge in [0, 0.05) is 31.7 Å². The van der Waals surface area contributed by atoms with Crippen molar-refractivity contribution in [3.63, 3.8) is 0 Å². The van der Waals surface area contributed by atoms with Crippen molar-refractivity contribution >= 4 is 5.82 Å². The van der Waals surface area contributed by atoms with E-state index in [4.69, 9.17) is 0 Å². The van der Waals surface area contributed by atoms with Gasteiger partial charge in [-0.2, -0.15) is 10.4 Å². The van der Waals surface area contributed by atoms with Crippen LogP contribution in [0.1, 0.15) is 48.8 Å². The number of hydrogen-bond donors (Lipinski definition) is 2. The molecule has 2 fully saturated rings. The van der Waals surface area contributed by atoms with E-state index in [0.29, 0.717) is 17.4 Å². The molecule has 8 nitrogen and oxygen atoms in total. The van der Waals surface area contributed by atoms with E-state index in [1.165, 1.54) is 0 Å². The van der Waals surface area contributed by atoms with E-state index in [1.54, 1.807) is 12.3 Å². The maximum Gasteiger partial charge on any atom is 0.153 e. The normalized spacial score (nSPS) is 20.5. The van der Waals surface area contributed by atoms with Gasteiger partial charge < -0.3 is 14.9 Å². The third kappa shape index (κ3) is 4.57. The van der Waals surface area contributed by atoms with E-state index in [2.05, 4.69) is 36.0 Å². The summed E-state index contributed by atoms with van der Waals surface area (Å²) in [5, 5.41) is 27.3.